The van der Waals surface area contributed by atoms with Gasteiger partial charge in [0.25, 0.3) is 0 Å². The Bertz CT molecular complexity index is 589. The van der Waals surface area contributed by atoms with Gasteiger partial charge in [-0.25, -0.2) is 9.97 Å². The maximum Gasteiger partial charge on any atom is 0.311 e. The number of hydrogen-bond donors (Lipinski definition) is 1. The Balaban J connectivity index is 2.12. The third-order valence-electron chi connectivity index (χ3n) is 2.57. The lowest BCUT2D eigenvalue weighted by molar-refractivity contribution is -0.385. The maximum atomic E-state index is 10.9. The molecule has 0 aliphatic heterocycles. The molecule has 0 radical (unpaired) electrons. The zero-order chi connectivity index (χ0) is 14.4. The summed E-state index contributed by atoms with van der Waals surface area (Å²) >= 11 is 0. The van der Waals surface area contributed by atoms with E-state index in [2.05, 4.69) is 15.3 Å². The monoisotopic (exact) mass is 274 g/mol. The summed E-state index contributed by atoms with van der Waals surface area (Å²) in [5, 5.41) is 14.0. The molecule has 0 aliphatic rings. The number of anilines is 1. The van der Waals surface area contributed by atoms with Crippen LogP contribution in [-0.2, 0) is 6.54 Å². The molecule has 0 fully saturated rings. The van der Waals surface area contributed by atoms with Crippen molar-refractivity contribution in [3.05, 3.63) is 52.6 Å². The highest BCUT2D eigenvalue weighted by atomic mass is 16.6. The lowest BCUT2D eigenvalue weighted by Gasteiger charge is -2.09. The molecule has 20 heavy (non-hydrogen) atoms. The molecule has 0 saturated carbocycles. The number of nitrogens with one attached hydrogen (secondary N) is 1. The minimum Gasteiger partial charge on any atom is -0.487 e. The third kappa shape index (κ3) is 3.41. The fourth-order valence-electron chi connectivity index (χ4n) is 1.66. The molecule has 0 bridgehead atoms. The first-order valence-electron chi connectivity index (χ1n) is 6.10. The lowest BCUT2D eigenvalue weighted by Crippen LogP contribution is -2.03. The first kappa shape index (κ1) is 13.7. The molecule has 0 atom stereocenters. The highest BCUT2D eigenvalue weighted by Crippen LogP contribution is 2.30. The van der Waals surface area contributed by atoms with Gasteiger partial charge in [0.05, 0.1) is 23.8 Å². The number of nitro benzene ring substituents is 1. The second kappa shape index (κ2) is 6.46. The number of hydrogen-bond acceptors (Lipinski definition) is 6. The Kier molecular flexibility index (Phi) is 4.43. The van der Waals surface area contributed by atoms with E-state index in [0.29, 0.717) is 13.2 Å². The third-order valence-corrected chi connectivity index (χ3v) is 2.57. The van der Waals surface area contributed by atoms with Gasteiger partial charge >= 0.3 is 5.69 Å². The molecule has 0 aliphatic carbocycles. The number of nitrogens with zero attached hydrogens (tertiary/aromatic N) is 3. The van der Waals surface area contributed by atoms with Crippen LogP contribution in [0, 0.1) is 10.1 Å². The van der Waals surface area contributed by atoms with Crippen molar-refractivity contribution in [2.75, 3.05) is 11.9 Å². The van der Waals surface area contributed by atoms with Crippen LogP contribution in [0.4, 0.5) is 11.4 Å². The minimum absolute atomic E-state index is 0.0422. The van der Waals surface area contributed by atoms with Gasteiger partial charge in [-0.3, -0.25) is 10.1 Å². The van der Waals surface area contributed by atoms with Crippen LogP contribution in [0.5, 0.6) is 5.75 Å². The van der Waals surface area contributed by atoms with E-state index >= 15 is 0 Å². The van der Waals surface area contributed by atoms with Crippen LogP contribution >= 0.6 is 0 Å². The van der Waals surface area contributed by atoms with Gasteiger partial charge in [0.1, 0.15) is 6.33 Å². The maximum absolute atomic E-state index is 10.9. The van der Waals surface area contributed by atoms with Gasteiger partial charge < -0.3 is 10.1 Å². The van der Waals surface area contributed by atoms with Crippen LogP contribution in [0.15, 0.2) is 36.8 Å². The molecule has 1 N–H and O–H groups in total. The SMILES string of the molecule is CCOc1cc(NCc2ccncn2)ccc1[N+](=O)[O-]. The number of nitro groups is 1. The second-order valence-corrected chi connectivity index (χ2v) is 3.93. The normalized spacial score (nSPS) is 10.1. The van der Waals surface area contributed by atoms with E-state index in [0.717, 1.165) is 11.4 Å². The van der Waals surface area contributed by atoms with Crippen molar-refractivity contribution in [3.8, 4) is 5.75 Å². The van der Waals surface area contributed by atoms with Gasteiger partial charge in [-0.05, 0) is 19.1 Å². The summed E-state index contributed by atoms with van der Waals surface area (Å²) in [4.78, 5) is 18.3. The molecule has 1 aromatic heterocycles. The zero-order valence-corrected chi connectivity index (χ0v) is 10.9. The molecule has 104 valence electrons. The van der Waals surface area contributed by atoms with E-state index < -0.39 is 4.92 Å². The molecule has 7 heteroatoms. The Labute approximate surface area is 115 Å². The van der Waals surface area contributed by atoms with Gasteiger partial charge in [-0.15, -0.1) is 0 Å². The van der Waals surface area contributed by atoms with Gasteiger partial charge in [0.15, 0.2) is 5.75 Å². The summed E-state index contributed by atoms with van der Waals surface area (Å²) in [7, 11) is 0. The fraction of sp³-hybridized carbons (Fsp3) is 0.231. The minimum atomic E-state index is -0.459. The Morgan fingerprint density at radius 3 is 2.90 bits per heavy atom. The quantitative estimate of drug-likeness (QED) is 0.642. The molecule has 0 saturated heterocycles. The van der Waals surface area contributed by atoms with E-state index in [-0.39, 0.29) is 11.4 Å². The predicted molar refractivity (Wildman–Crippen MR) is 73.6 cm³/mol. The summed E-state index contributed by atoms with van der Waals surface area (Å²) in [6.07, 6.45) is 3.13. The number of rotatable bonds is 6. The summed E-state index contributed by atoms with van der Waals surface area (Å²) < 4.78 is 5.28. The van der Waals surface area contributed by atoms with Crippen molar-refractivity contribution >= 4 is 11.4 Å². The molecule has 0 unspecified atom stereocenters. The molecule has 7 nitrogen and oxygen atoms in total. The largest absolute Gasteiger partial charge is 0.487 e. The van der Waals surface area contributed by atoms with E-state index in [1.54, 1.807) is 31.3 Å². The van der Waals surface area contributed by atoms with E-state index in [4.69, 9.17) is 4.74 Å². The molecule has 1 aromatic carbocycles. The van der Waals surface area contributed by atoms with E-state index in [1.807, 2.05) is 0 Å². The molecule has 2 aromatic rings. The average Bonchev–Trinajstić information content (AvgIpc) is 2.46. The lowest BCUT2D eigenvalue weighted by atomic mass is 10.2. The van der Waals surface area contributed by atoms with Gasteiger partial charge in [0.2, 0.25) is 0 Å². The van der Waals surface area contributed by atoms with Crippen molar-refractivity contribution in [2.45, 2.75) is 13.5 Å². The summed E-state index contributed by atoms with van der Waals surface area (Å²) in [6.45, 7) is 2.66. The topological polar surface area (TPSA) is 90.2 Å². The van der Waals surface area contributed by atoms with Gasteiger partial charge in [-0.2, -0.15) is 0 Å². The van der Waals surface area contributed by atoms with Gasteiger partial charge in [-0.1, -0.05) is 0 Å². The summed E-state index contributed by atoms with van der Waals surface area (Å²) in [5.41, 5.74) is 1.52. The van der Waals surface area contributed by atoms with E-state index in [9.17, 15) is 10.1 Å². The molecule has 0 spiro atoms. The van der Waals surface area contributed by atoms with Crippen LogP contribution in [0.2, 0.25) is 0 Å². The van der Waals surface area contributed by atoms with Crippen molar-refractivity contribution in [3.63, 3.8) is 0 Å². The Hall–Kier alpha value is -2.70. The first-order chi connectivity index (χ1) is 9.70. The molecule has 1 heterocycles. The molecule has 2 rings (SSSR count). The highest BCUT2D eigenvalue weighted by molar-refractivity contribution is 5.58. The number of benzene rings is 1. The van der Waals surface area contributed by atoms with Crippen molar-refractivity contribution < 1.29 is 9.66 Å². The average molecular weight is 274 g/mol. The van der Waals surface area contributed by atoms with Crippen LogP contribution in [-0.4, -0.2) is 21.5 Å². The smallest absolute Gasteiger partial charge is 0.311 e. The second-order valence-electron chi connectivity index (χ2n) is 3.93. The zero-order valence-electron chi connectivity index (χ0n) is 10.9. The number of aromatic nitrogens is 2. The Morgan fingerprint density at radius 1 is 1.40 bits per heavy atom. The molecule has 0 amide bonds. The standard InChI is InChI=1S/C13H14N4O3/c1-2-20-13-7-10(3-4-12(13)17(18)19)15-8-11-5-6-14-9-16-11/h3-7,9,15H,2,8H2,1H3. The molecular weight excluding hydrogens is 260 g/mol. The van der Waals surface area contributed by atoms with Crippen LogP contribution in [0.25, 0.3) is 0 Å². The van der Waals surface area contributed by atoms with Crippen molar-refractivity contribution in [1.29, 1.82) is 0 Å². The first-order valence-corrected chi connectivity index (χ1v) is 6.10. The Morgan fingerprint density at radius 2 is 2.25 bits per heavy atom. The van der Waals surface area contributed by atoms with Crippen LogP contribution < -0.4 is 10.1 Å². The number of ether oxygens (including phenoxy) is 1. The van der Waals surface area contributed by atoms with Crippen molar-refractivity contribution in [1.82, 2.24) is 9.97 Å². The fourth-order valence-corrected chi connectivity index (χ4v) is 1.66. The van der Waals surface area contributed by atoms with Gasteiger partial charge in [0, 0.05) is 24.0 Å². The summed E-state index contributed by atoms with van der Waals surface area (Å²) in [6, 6.07) is 6.47. The van der Waals surface area contributed by atoms with Crippen LogP contribution in [0.3, 0.4) is 0 Å². The highest BCUT2D eigenvalue weighted by Gasteiger charge is 2.15. The van der Waals surface area contributed by atoms with Crippen molar-refractivity contribution in [2.24, 2.45) is 0 Å². The summed E-state index contributed by atoms with van der Waals surface area (Å²) in [5.74, 6) is 0.255. The predicted octanol–water partition coefficient (Wildman–Crippen LogP) is 2.40. The van der Waals surface area contributed by atoms with E-state index in [1.165, 1.54) is 12.4 Å². The van der Waals surface area contributed by atoms with Crippen LogP contribution in [0.1, 0.15) is 12.6 Å². The molecular formula is C13H14N4O3.